The highest BCUT2D eigenvalue weighted by atomic mass is 32.2. The lowest BCUT2D eigenvalue weighted by molar-refractivity contribution is 0.418. The summed E-state index contributed by atoms with van der Waals surface area (Å²) in [5.41, 5.74) is -0.244. The van der Waals surface area contributed by atoms with Gasteiger partial charge in [0.25, 0.3) is 0 Å². The van der Waals surface area contributed by atoms with Crippen molar-refractivity contribution in [3.63, 3.8) is 0 Å². The molecule has 110 valence electrons. The van der Waals surface area contributed by atoms with E-state index in [1.54, 1.807) is 0 Å². The van der Waals surface area contributed by atoms with Gasteiger partial charge < -0.3 is 5.32 Å². The van der Waals surface area contributed by atoms with Crippen LogP contribution in [-0.4, -0.2) is 31.8 Å². The van der Waals surface area contributed by atoms with E-state index in [0.29, 0.717) is 0 Å². The Bertz CT molecular complexity index is 324. The summed E-state index contributed by atoms with van der Waals surface area (Å²) >= 11 is 0. The van der Waals surface area contributed by atoms with Gasteiger partial charge in [-0.05, 0) is 60.9 Å². The molecule has 0 aromatic heterocycles. The molecule has 0 heterocycles. The third-order valence-corrected chi connectivity index (χ3v) is 3.96. The SMILES string of the molecule is CC(C)(C)NCCCCCS(=O)(=O)NC(C)(C)C. The summed E-state index contributed by atoms with van der Waals surface area (Å²) in [7, 11) is -3.13. The van der Waals surface area contributed by atoms with Crippen molar-refractivity contribution in [2.24, 2.45) is 0 Å². The topological polar surface area (TPSA) is 58.2 Å². The Morgan fingerprint density at radius 3 is 1.83 bits per heavy atom. The molecule has 0 aliphatic rings. The summed E-state index contributed by atoms with van der Waals surface area (Å²) in [6, 6.07) is 0. The van der Waals surface area contributed by atoms with Crippen molar-refractivity contribution < 1.29 is 8.42 Å². The Labute approximate surface area is 113 Å². The number of hydrogen-bond acceptors (Lipinski definition) is 3. The molecule has 0 fully saturated rings. The van der Waals surface area contributed by atoms with Gasteiger partial charge in [-0.15, -0.1) is 0 Å². The van der Waals surface area contributed by atoms with Crippen molar-refractivity contribution in [3.8, 4) is 0 Å². The van der Waals surface area contributed by atoms with Crippen LogP contribution in [0, 0.1) is 0 Å². The minimum absolute atomic E-state index is 0.139. The average molecular weight is 278 g/mol. The fourth-order valence-corrected chi connectivity index (χ4v) is 3.19. The highest BCUT2D eigenvalue weighted by Gasteiger charge is 2.19. The van der Waals surface area contributed by atoms with E-state index in [9.17, 15) is 8.42 Å². The smallest absolute Gasteiger partial charge is 0.212 e. The summed E-state index contributed by atoms with van der Waals surface area (Å²) in [6.45, 7) is 12.9. The Hall–Kier alpha value is -0.130. The number of hydrogen-bond donors (Lipinski definition) is 2. The number of nitrogens with one attached hydrogen (secondary N) is 2. The van der Waals surface area contributed by atoms with Gasteiger partial charge in [-0.2, -0.15) is 0 Å². The van der Waals surface area contributed by atoms with Crippen molar-refractivity contribution in [2.75, 3.05) is 12.3 Å². The van der Waals surface area contributed by atoms with Gasteiger partial charge in [0.05, 0.1) is 5.75 Å². The predicted molar refractivity (Wildman–Crippen MR) is 78.3 cm³/mol. The van der Waals surface area contributed by atoms with Crippen LogP contribution in [0.4, 0.5) is 0 Å². The molecular formula is C13H30N2O2S. The lowest BCUT2D eigenvalue weighted by Crippen LogP contribution is -2.41. The zero-order valence-electron chi connectivity index (χ0n) is 12.8. The first-order valence-corrected chi connectivity index (χ1v) is 8.33. The molecule has 0 aliphatic heterocycles. The highest BCUT2D eigenvalue weighted by molar-refractivity contribution is 7.89. The molecule has 0 spiro atoms. The molecule has 0 rings (SSSR count). The quantitative estimate of drug-likeness (QED) is 0.702. The van der Waals surface area contributed by atoms with E-state index in [1.807, 2.05) is 20.8 Å². The van der Waals surface area contributed by atoms with Crippen LogP contribution in [0.5, 0.6) is 0 Å². The van der Waals surface area contributed by atoms with Gasteiger partial charge in [0.15, 0.2) is 0 Å². The summed E-state index contributed by atoms with van der Waals surface area (Å²) < 4.78 is 26.1. The molecule has 18 heavy (non-hydrogen) atoms. The summed E-state index contributed by atoms with van der Waals surface area (Å²) in [5.74, 6) is 0.222. The fourth-order valence-electron chi connectivity index (χ4n) is 1.57. The van der Waals surface area contributed by atoms with Crippen LogP contribution >= 0.6 is 0 Å². The molecule has 4 nitrogen and oxygen atoms in total. The van der Waals surface area contributed by atoms with Crippen LogP contribution in [-0.2, 0) is 10.0 Å². The molecular weight excluding hydrogens is 248 g/mol. The molecule has 0 saturated carbocycles. The summed E-state index contributed by atoms with van der Waals surface area (Å²) in [6.07, 6.45) is 2.67. The van der Waals surface area contributed by atoms with Crippen LogP contribution in [0.15, 0.2) is 0 Å². The van der Waals surface area contributed by atoms with Crippen LogP contribution < -0.4 is 10.0 Å². The standard InChI is InChI=1S/C13H30N2O2S/c1-12(2,3)14-10-8-7-9-11-18(16,17)15-13(4,5)6/h14-15H,7-11H2,1-6H3. The second-order valence-corrected chi connectivity index (χ2v) is 8.75. The van der Waals surface area contributed by atoms with E-state index in [4.69, 9.17) is 0 Å². The maximum atomic E-state index is 11.7. The normalized spacial score (nSPS) is 13.9. The lowest BCUT2D eigenvalue weighted by Gasteiger charge is -2.21. The fraction of sp³-hybridized carbons (Fsp3) is 1.00. The van der Waals surface area contributed by atoms with Gasteiger partial charge in [-0.25, -0.2) is 13.1 Å². The van der Waals surface area contributed by atoms with Crippen molar-refractivity contribution in [1.82, 2.24) is 10.0 Å². The van der Waals surface area contributed by atoms with Crippen molar-refractivity contribution in [2.45, 2.75) is 71.9 Å². The zero-order chi connectivity index (χ0) is 14.4. The molecule has 0 aromatic rings. The van der Waals surface area contributed by atoms with Crippen molar-refractivity contribution in [1.29, 1.82) is 0 Å². The van der Waals surface area contributed by atoms with Gasteiger partial charge in [0.2, 0.25) is 10.0 Å². The van der Waals surface area contributed by atoms with Gasteiger partial charge in [0, 0.05) is 11.1 Å². The third kappa shape index (κ3) is 12.3. The Kier molecular flexibility index (Phi) is 6.82. The molecule has 0 saturated heterocycles. The van der Waals surface area contributed by atoms with E-state index < -0.39 is 10.0 Å². The minimum Gasteiger partial charge on any atom is -0.312 e. The molecule has 0 radical (unpaired) electrons. The second kappa shape index (κ2) is 6.87. The van der Waals surface area contributed by atoms with E-state index in [2.05, 4.69) is 30.8 Å². The van der Waals surface area contributed by atoms with Gasteiger partial charge in [-0.1, -0.05) is 6.42 Å². The van der Waals surface area contributed by atoms with Crippen molar-refractivity contribution in [3.05, 3.63) is 0 Å². The first-order valence-electron chi connectivity index (χ1n) is 6.68. The predicted octanol–water partition coefficient (Wildman–Crippen LogP) is 2.26. The lowest BCUT2D eigenvalue weighted by atomic mass is 10.1. The van der Waals surface area contributed by atoms with Crippen LogP contribution in [0.25, 0.3) is 0 Å². The molecule has 5 heteroatoms. The Balaban J connectivity index is 3.73. The second-order valence-electron chi connectivity index (χ2n) is 6.91. The van der Waals surface area contributed by atoms with Crippen LogP contribution in [0.1, 0.15) is 60.8 Å². The van der Waals surface area contributed by atoms with Crippen LogP contribution in [0.3, 0.4) is 0 Å². The van der Waals surface area contributed by atoms with Crippen LogP contribution in [0.2, 0.25) is 0 Å². The molecule has 0 atom stereocenters. The molecule has 0 aliphatic carbocycles. The summed E-state index contributed by atoms with van der Waals surface area (Å²) in [5, 5.41) is 3.39. The monoisotopic (exact) mass is 278 g/mol. The third-order valence-electron chi connectivity index (χ3n) is 2.21. The highest BCUT2D eigenvalue weighted by Crippen LogP contribution is 2.05. The summed E-state index contributed by atoms with van der Waals surface area (Å²) in [4.78, 5) is 0. The largest absolute Gasteiger partial charge is 0.312 e. The molecule has 0 bridgehead atoms. The number of unbranched alkanes of at least 4 members (excludes halogenated alkanes) is 2. The zero-order valence-corrected chi connectivity index (χ0v) is 13.6. The van der Waals surface area contributed by atoms with Gasteiger partial charge in [0.1, 0.15) is 0 Å². The van der Waals surface area contributed by atoms with Gasteiger partial charge in [-0.3, -0.25) is 0 Å². The van der Waals surface area contributed by atoms with E-state index in [-0.39, 0.29) is 16.8 Å². The molecule has 2 N–H and O–H groups in total. The van der Waals surface area contributed by atoms with E-state index in [0.717, 1.165) is 25.8 Å². The average Bonchev–Trinajstić information content (AvgIpc) is 2.04. The first kappa shape index (κ1) is 17.9. The molecule has 0 aromatic carbocycles. The van der Waals surface area contributed by atoms with Crippen molar-refractivity contribution >= 4 is 10.0 Å². The number of sulfonamides is 1. The minimum atomic E-state index is -3.13. The maximum absolute atomic E-state index is 11.7. The molecule has 0 unspecified atom stereocenters. The maximum Gasteiger partial charge on any atom is 0.212 e. The van der Waals surface area contributed by atoms with E-state index in [1.165, 1.54) is 0 Å². The first-order chi connectivity index (χ1) is 7.91. The number of rotatable bonds is 7. The Morgan fingerprint density at radius 1 is 0.833 bits per heavy atom. The molecule has 0 amide bonds. The van der Waals surface area contributed by atoms with Gasteiger partial charge >= 0.3 is 0 Å². The van der Waals surface area contributed by atoms with E-state index >= 15 is 0 Å². The Morgan fingerprint density at radius 2 is 1.39 bits per heavy atom.